The maximum absolute atomic E-state index is 13.0. The molecule has 1 fully saturated rings. The van der Waals surface area contributed by atoms with Crippen LogP contribution in [0.2, 0.25) is 0 Å². The molecular formula is C54H101NO10. The van der Waals surface area contributed by atoms with Crippen LogP contribution >= 0.6 is 0 Å². The summed E-state index contributed by atoms with van der Waals surface area (Å²) in [7, 11) is 0. The van der Waals surface area contributed by atoms with E-state index < -0.39 is 49.5 Å². The van der Waals surface area contributed by atoms with Gasteiger partial charge in [-0.1, -0.05) is 212 Å². The molecule has 1 amide bonds. The van der Waals surface area contributed by atoms with E-state index in [1.54, 1.807) is 6.08 Å². The SMILES string of the molecule is CCCCCCC/C=C/CC/C=C/C(O)C(COC1OC(CO)C(O)C(O)C1O)NC(=O)CCCCCCCCCCCCCCCCCOC(=O)CCCCCCCCCCCCC. The summed E-state index contributed by atoms with van der Waals surface area (Å²) in [5.74, 6) is -0.221. The van der Waals surface area contributed by atoms with E-state index in [-0.39, 0.29) is 18.5 Å². The minimum absolute atomic E-state index is 0.0200. The first-order chi connectivity index (χ1) is 31.7. The standard InChI is InChI=1S/C54H101NO10/c1-3-5-7-9-11-13-20-24-28-32-36-40-47(57)46(45-64-54-53(62)52(61)51(60)48(44-56)65-54)55-49(58)41-37-33-29-25-22-18-16-15-17-19-23-27-31-35-39-43-63-50(59)42-38-34-30-26-21-14-12-10-8-6-4-2/h20,24,36,40,46-48,51-54,56-57,60-62H,3-19,21-23,25-35,37-39,41-45H2,1-2H3,(H,55,58)/b24-20+,40-36+. The van der Waals surface area contributed by atoms with E-state index >= 15 is 0 Å². The number of allylic oxidation sites excluding steroid dienone is 3. The molecule has 0 saturated carbocycles. The predicted octanol–water partition coefficient (Wildman–Crippen LogP) is 11.4. The van der Waals surface area contributed by atoms with E-state index in [0.717, 1.165) is 70.6 Å². The molecule has 1 aliphatic rings. The number of hydrogen-bond acceptors (Lipinski definition) is 10. The summed E-state index contributed by atoms with van der Waals surface area (Å²) >= 11 is 0. The minimum atomic E-state index is -1.58. The molecule has 0 aromatic rings. The zero-order valence-corrected chi connectivity index (χ0v) is 41.7. The van der Waals surface area contributed by atoms with Crippen molar-refractivity contribution in [1.29, 1.82) is 0 Å². The Bertz CT molecular complexity index is 1130. The lowest BCUT2D eigenvalue weighted by molar-refractivity contribution is -0.302. The molecule has 65 heavy (non-hydrogen) atoms. The van der Waals surface area contributed by atoms with Crippen LogP contribution in [0.3, 0.4) is 0 Å². The molecule has 1 heterocycles. The Morgan fingerprint density at radius 3 is 1.52 bits per heavy atom. The number of nitrogens with one attached hydrogen (secondary N) is 1. The molecule has 382 valence electrons. The van der Waals surface area contributed by atoms with E-state index in [1.165, 1.54) is 148 Å². The summed E-state index contributed by atoms with van der Waals surface area (Å²) in [5.41, 5.74) is 0. The van der Waals surface area contributed by atoms with Crippen molar-refractivity contribution < 1.29 is 49.3 Å². The van der Waals surface area contributed by atoms with Gasteiger partial charge in [0.15, 0.2) is 6.29 Å². The van der Waals surface area contributed by atoms with Crippen LogP contribution < -0.4 is 5.32 Å². The first-order valence-corrected chi connectivity index (χ1v) is 27.1. The molecule has 7 unspecified atom stereocenters. The van der Waals surface area contributed by atoms with Gasteiger partial charge in [-0.2, -0.15) is 0 Å². The number of aliphatic hydroxyl groups excluding tert-OH is 5. The molecule has 6 N–H and O–H groups in total. The minimum Gasteiger partial charge on any atom is -0.466 e. The molecule has 11 nitrogen and oxygen atoms in total. The number of rotatable bonds is 46. The van der Waals surface area contributed by atoms with Gasteiger partial charge in [-0.25, -0.2) is 0 Å². The molecule has 1 aliphatic heterocycles. The fourth-order valence-corrected chi connectivity index (χ4v) is 8.45. The fraction of sp³-hybridized carbons (Fsp3) is 0.889. The van der Waals surface area contributed by atoms with Crippen LogP contribution in [-0.2, 0) is 23.8 Å². The van der Waals surface area contributed by atoms with Crippen molar-refractivity contribution in [2.24, 2.45) is 0 Å². The summed E-state index contributed by atoms with van der Waals surface area (Å²) in [5, 5.41) is 54.2. The van der Waals surface area contributed by atoms with Gasteiger partial charge in [0.25, 0.3) is 0 Å². The fourth-order valence-electron chi connectivity index (χ4n) is 8.45. The number of carbonyl (C=O) groups excluding carboxylic acids is 2. The van der Waals surface area contributed by atoms with Crippen LogP contribution in [-0.4, -0.2) is 100 Å². The maximum Gasteiger partial charge on any atom is 0.305 e. The average Bonchev–Trinajstić information content (AvgIpc) is 3.30. The van der Waals surface area contributed by atoms with Gasteiger partial charge in [0.1, 0.15) is 24.4 Å². The van der Waals surface area contributed by atoms with Gasteiger partial charge < -0.3 is 45.1 Å². The van der Waals surface area contributed by atoms with Crippen molar-refractivity contribution in [3.63, 3.8) is 0 Å². The van der Waals surface area contributed by atoms with Gasteiger partial charge in [-0.15, -0.1) is 0 Å². The Morgan fingerprint density at radius 2 is 1.00 bits per heavy atom. The second kappa shape index (κ2) is 44.6. The monoisotopic (exact) mass is 924 g/mol. The number of ether oxygens (including phenoxy) is 3. The number of carbonyl (C=O) groups is 2. The number of unbranched alkanes of at least 4 members (excludes halogenated alkanes) is 30. The molecular weight excluding hydrogens is 823 g/mol. The van der Waals surface area contributed by atoms with E-state index in [2.05, 4.69) is 31.3 Å². The lowest BCUT2D eigenvalue weighted by atomic mass is 9.99. The summed E-state index contributed by atoms with van der Waals surface area (Å²) in [6.45, 7) is 4.27. The third-order valence-electron chi connectivity index (χ3n) is 12.8. The summed E-state index contributed by atoms with van der Waals surface area (Å²) in [4.78, 5) is 25.0. The van der Waals surface area contributed by atoms with Crippen LogP contribution in [0.4, 0.5) is 0 Å². The number of esters is 1. The van der Waals surface area contributed by atoms with Crippen LogP contribution in [0.15, 0.2) is 24.3 Å². The Kier molecular flexibility index (Phi) is 42.0. The van der Waals surface area contributed by atoms with Gasteiger partial charge in [-0.3, -0.25) is 9.59 Å². The normalized spacial score (nSPS) is 19.9. The maximum atomic E-state index is 13.0. The Balaban J connectivity index is 2.14. The van der Waals surface area contributed by atoms with Gasteiger partial charge in [0.05, 0.1) is 32.0 Å². The van der Waals surface area contributed by atoms with Gasteiger partial charge >= 0.3 is 5.97 Å². The molecule has 7 atom stereocenters. The Labute approximate surface area is 397 Å². The van der Waals surface area contributed by atoms with Crippen LogP contribution in [0.25, 0.3) is 0 Å². The smallest absolute Gasteiger partial charge is 0.305 e. The van der Waals surface area contributed by atoms with Gasteiger partial charge in [0.2, 0.25) is 5.91 Å². The summed E-state index contributed by atoms with van der Waals surface area (Å²) < 4.78 is 16.6. The lowest BCUT2D eigenvalue weighted by Gasteiger charge is -2.40. The molecule has 0 aromatic carbocycles. The molecule has 0 bridgehead atoms. The van der Waals surface area contributed by atoms with Crippen LogP contribution in [0, 0.1) is 0 Å². The largest absolute Gasteiger partial charge is 0.466 e. The average molecular weight is 924 g/mol. The Hall–Kier alpha value is -1.86. The highest BCUT2D eigenvalue weighted by Gasteiger charge is 2.44. The van der Waals surface area contributed by atoms with Crippen molar-refractivity contribution in [3.8, 4) is 0 Å². The number of hydrogen-bond donors (Lipinski definition) is 6. The van der Waals surface area contributed by atoms with Crippen molar-refractivity contribution >= 4 is 11.9 Å². The van der Waals surface area contributed by atoms with E-state index in [0.29, 0.717) is 19.4 Å². The third-order valence-corrected chi connectivity index (χ3v) is 12.8. The zero-order valence-electron chi connectivity index (χ0n) is 41.7. The second-order valence-corrected chi connectivity index (χ2v) is 18.9. The highest BCUT2D eigenvalue weighted by molar-refractivity contribution is 5.76. The molecule has 0 aliphatic carbocycles. The molecule has 11 heteroatoms. The van der Waals surface area contributed by atoms with Crippen LogP contribution in [0.5, 0.6) is 0 Å². The Morgan fingerprint density at radius 1 is 0.554 bits per heavy atom. The van der Waals surface area contributed by atoms with E-state index in [9.17, 15) is 35.1 Å². The van der Waals surface area contributed by atoms with Crippen LogP contribution in [0.1, 0.15) is 245 Å². The molecule has 1 rings (SSSR count). The molecule has 0 aromatic heterocycles. The van der Waals surface area contributed by atoms with E-state index in [4.69, 9.17) is 14.2 Å². The molecule has 1 saturated heterocycles. The quantitative estimate of drug-likeness (QED) is 0.0196. The highest BCUT2D eigenvalue weighted by Crippen LogP contribution is 2.23. The summed E-state index contributed by atoms with van der Waals surface area (Å²) in [6, 6.07) is -0.832. The molecule has 0 spiro atoms. The number of amides is 1. The van der Waals surface area contributed by atoms with Crippen molar-refractivity contribution in [1.82, 2.24) is 5.32 Å². The summed E-state index contributed by atoms with van der Waals surface area (Å²) in [6.07, 6.45) is 41.1. The second-order valence-electron chi connectivity index (χ2n) is 18.9. The zero-order chi connectivity index (χ0) is 47.4. The van der Waals surface area contributed by atoms with Crippen molar-refractivity contribution in [2.75, 3.05) is 19.8 Å². The van der Waals surface area contributed by atoms with Crippen molar-refractivity contribution in [2.45, 2.75) is 288 Å². The predicted molar refractivity (Wildman–Crippen MR) is 264 cm³/mol. The first kappa shape index (κ1) is 61.2. The third kappa shape index (κ3) is 35.0. The molecule has 0 radical (unpaired) electrons. The van der Waals surface area contributed by atoms with E-state index in [1.807, 2.05) is 6.08 Å². The highest BCUT2D eigenvalue weighted by atomic mass is 16.7. The lowest BCUT2D eigenvalue weighted by Crippen LogP contribution is -2.60. The topological polar surface area (TPSA) is 175 Å². The van der Waals surface area contributed by atoms with Crippen molar-refractivity contribution in [3.05, 3.63) is 24.3 Å². The first-order valence-electron chi connectivity index (χ1n) is 27.1. The number of aliphatic hydroxyl groups is 5. The van der Waals surface area contributed by atoms with Gasteiger partial charge in [-0.05, 0) is 44.9 Å². The van der Waals surface area contributed by atoms with Gasteiger partial charge in [0, 0.05) is 12.8 Å².